The fraction of sp³-hybridized carbons (Fsp3) is 0.333. The fourth-order valence-electron chi connectivity index (χ4n) is 1.07. The van der Waals surface area contributed by atoms with Gasteiger partial charge in [-0.3, -0.25) is 0 Å². The van der Waals surface area contributed by atoms with E-state index in [4.69, 9.17) is 34.8 Å². The summed E-state index contributed by atoms with van der Waals surface area (Å²) in [4.78, 5) is 0. The first-order valence-corrected chi connectivity index (χ1v) is 4.86. The van der Waals surface area contributed by atoms with E-state index in [0.29, 0.717) is 5.56 Å². The van der Waals surface area contributed by atoms with Crippen molar-refractivity contribution in [3.63, 3.8) is 0 Å². The molecule has 0 amide bonds. The third-order valence-corrected chi connectivity index (χ3v) is 2.41. The van der Waals surface area contributed by atoms with E-state index >= 15 is 0 Å². The molecule has 0 saturated heterocycles. The van der Waals surface area contributed by atoms with Gasteiger partial charge in [-0.2, -0.15) is 0 Å². The average Bonchev–Trinajstić information content (AvgIpc) is 2.02. The van der Waals surface area contributed by atoms with Crippen LogP contribution in [0.4, 0.5) is 0 Å². The van der Waals surface area contributed by atoms with Crippen molar-refractivity contribution in [2.45, 2.75) is 16.8 Å². The highest BCUT2D eigenvalue weighted by atomic mass is 35.6. The van der Waals surface area contributed by atoms with Crippen LogP contribution >= 0.6 is 34.8 Å². The highest BCUT2D eigenvalue weighted by Crippen LogP contribution is 2.40. The molecule has 0 fully saturated rings. The number of halogens is 3. The molecule has 1 rings (SSSR count). The first kappa shape index (κ1) is 11.1. The van der Waals surface area contributed by atoms with E-state index in [1.54, 1.807) is 12.1 Å². The van der Waals surface area contributed by atoms with E-state index in [0.717, 1.165) is 5.56 Å². The second-order valence-corrected chi connectivity index (χ2v) is 5.17. The molecule has 0 aliphatic carbocycles. The molecule has 0 aliphatic rings. The topological polar surface area (TPSA) is 20.2 Å². The van der Waals surface area contributed by atoms with Crippen molar-refractivity contribution in [2.24, 2.45) is 0 Å². The van der Waals surface area contributed by atoms with Crippen molar-refractivity contribution < 1.29 is 5.11 Å². The van der Waals surface area contributed by atoms with Gasteiger partial charge in [0.2, 0.25) is 3.79 Å². The van der Waals surface area contributed by atoms with Gasteiger partial charge in [0.25, 0.3) is 0 Å². The lowest BCUT2D eigenvalue weighted by Crippen LogP contribution is -2.17. The molecule has 0 saturated carbocycles. The minimum Gasteiger partial charge on any atom is -0.384 e. The van der Waals surface area contributed by atoms with Gasteiger partial charge in [0.15, 0.2) is 0 Å². The van der Waals surface area contributed by atoms with Crippen molar-refractivity contribution in [2.75, 3.05) is 0 Å². The Morgan fingerprint density at radius 3 is 2.23 bits per heavy atom. The van der Waals surface area contributed by atoms with Gasteiger partial charge < -0.3 is 5.11 Å². The summed E-state index contributed by atoms with van der Waals surface area (Å²) in [6.07, 6.45) is -1.08. The Kier molecular flexibility index (Phi) is 3.47. The Morgan fingerprint density at radius 1 is 1.23 bits per heavy atom. The number of hydrogen-bond acceptors (Lipinski definition) is 1. The number of aliphatic hydroxyl groups excluding tert-OH is 1. The smallest absolute Gasteiger partial charge is 0.220 e. The molecule has 13 heavy (non-hydrogen) atoms. The van der Waals surface area contributed by atoms with Crippen LogP contribution in [0.25, 0.3) is 0 Å². The molecular formula is C9H9Cl3O. The zero-order valence-corrected chi connectivity index (χ0v) is 9.24. The molecule has 0 bridgehead atoms. The Labute approximate surface area is 92.2 Å². The molecule has 72 valence electrons. The van der Waals surface area contributed by atoms with Crippen molar-refractivity contribution in [3.8, 4) is 0 Å². The van der Waals surface area contributed by atoms with Crippen molar-refractivity contribution in [3.05, 3.63) is 35.4 Å². The number of aliphatic hydroxyl groups is 1. The number of rotatable bonds is 1. The van der Waals surface area contributed by atoms with Crippen LogP contribution in [0.3, 0.4) is 0 Å². The van der Waals surface area contributed by atoms with Gasteiger partial charge in [-0.25, -0.2) is 0 Å². The summed E-state index contributed by atoms with van der Waals surface area (Å²) in [7, 11) is 0. The lowest BCUT2D eigenvalue weighted by Gasteiger charge is -2.20. The van der Waals surface area contributed by atoms with Crippen LogP contribution in [0.5, 0.6) is 0 Å². The highest BCUT2D eigenvalue weighted by molar-refractivity contribution is 6.68. The van der Waals surface area contributed by atoms with Gasteiger partial charge in [0.1, 0.15) is 6.10 Å². The summed E-state index contributed by atoms with van der Waals surface area (Å²) in [6.45, 7) is 1.86. The SMILES string of the molecule is Cc1ccccc1C(O)C(Cl)(Cl)Cl. The molecule has 0 aliphatic heterocycles. The molecule has 0 heterocycles. The molecule has 1 aromatic carbocycles. The summed E-state index contributed by atoms with van der Waals surface area (Å²) < 4.78 is -1.67. The van der Waals surface area contributed by atoms with Crippen molar-refractivity contribution in [1.29, 1.82) is 0 Å². The maximum absolute atomic E-state index is 9.64. The van der Waals surface area contributed by atoms with E-state index in [9.17, 15) is 5.11 Å². The van der Waals surface area contributed by atoms with Gasteiger partial charge >= 0.3 is 0 Å². The van der Waals surface area contributed by atoms with Crippen LogP contribution in [-0.4, -0.2) is 8.90 Å². The molecular weight excluding hydrogens is 230 g/mol. The monoisotopic (exact) mass is 238 g/mol. The first-order valence-electron chi connectivity index (χ1n) is 3.73. The first-order chi connectivity index (χ1) is 5.93. The summed E-state index contributed by atoms with van der Waals surface area (Å²) in [5, 5.41) is 9.64. The van der Waals surface area contributed by atoms with Gasteiger partial charge in [-0.05, 0) is 18.1 Å². The third-order valence-electron chi connectivity index (χ3n) is 1.79. The zero-order valence-electron chi connectivity index (χ0n) is 6.97. The second kappa shape index (κ2) is 4.05. The lowest BCUT2D eigenvalue weighted by atomic mass is 10.0. The van der Waals surface area contributed by atoms with Crippen LogP contribution < -0.4 is 0 Å². The van der Waals surface area contributed by atoms with Gasteiger partial charge in [0.05, 0.1) is 0 Å². The van der Waals surface area contributed by atoms with Gasteiger partial charge in [-0.15, -0.1) is 0 Å². The molecule has 1 unspecified atom stereocenters. The summed E-state index contributed by atoms with van der Waals surface area (Å²) in [6, 6.07) is 7.25. The Balaban J connectivity index is 3.02. The molecule has 0 radical (unpaired) electrons. The van der Waals surface area contributed by atoms with E-state index in [-0.39, 0.29) is 0 Å². The number of hydrogen-bond donors (Lipinski definition) is 1. The molecule has 1 aromatic rings. The third kappa shape index (κ3) is 2.75. The quantitative estimate of drug-likeness (QED) is 0.745. The predicted molar refractivity (Wildman–Crippen MR) is 56.4 cm³/mol. The number of alkyl halides is 3. The van der Waals surface area contributed by atoms with Crippen LogP contribution in [0.2, 0.25) is 0 Å². The Bertz CT molecular complexity index is 293. The Hall–Kier alpha value is 0.0500. The predicted octanol–water partition coefficient (Wildman–Crippen LogP) is 3.40. The maximum atomic E-state index is 9.64. The van der Waals surface area contributed by atoms with Crippen LogP contribution in [0.1, 0.15) is 17.2 Å². The molecule has 4 heteroatoms. The number of aryl methyl sites for hydroxylation is 1. The standard InChI is InChI=1S/C9H9Cl3O/c1-6-4-2-3-5-7(6)8(13)9(10,11)12/h2-5,8,13H,1H3. The average molecular weight is 240 g/mol. The zero-order chi connectivity index (χ0) is 10.1. The molecule has 0 aromatic heterocycles. The number of benzene rings is 1. The lowest BCUT2D eigenvalue weighted by molar-refractivity contribution is 0.181. The largest absolute Gasteiger partial charge is 0.384 e. The van der Waals surface area contributed by atoms with E-state index < -0.39 is 9.90 Å². The second-order valence-electron chi connectivity index (χ2n) is 2.80. The molecule has 1 nitrogen and oxygen atoms in total. The van der Waals surface area contributed by atoms with Crippen LogP contribution in [0.15, 0.2) is 24.3 Å². The minimum absolute atomic E-state index is 0.641. The van der Waals surface area contributed by atoms with Gasteiger partial charge in [-0.1, -0.05) is 59.1 Å². The van der Waals surface area contributed by atoms with E-state index in [2.05, 4.69) is 0 Å². The van der Waals surface area contributed by atoms with Crippen molar-refractivity contribution in [1.82, 2.24) is 0 Å². The minimum atomic E-state index is -1.67. The Morgan fingerprint density at radius 2 is 1.77 bits per heavy atom. The molecule has 1 atom stereocenters. The summed E-state index contributed by atoms with van der Waals surface area (Å²) >= 11 is 16.7. The van der Waals surface area contributed by atoms with Crippen LogP contribution in [-0.2, 0) is 0 Å². The normalized spacial score (nSPS) is 14.2. The van der Waals surface area contributed by atoms with Gasteiger partial charge in [0, 0.05) is 0 Å². The summed E-state index contributed by atoms with van der Waals surface area (Å²) in [5.41, 5.74) is 1.55. The van der Waals surface area contributed by atoms with E-state index in [1.807, 2.05) is 19.1 Å². The molecule has 0 spiro atoms. The molecule has 1 N–H and O–H groups in total. The van der Waals surface area contributed by atoms with Crippen molar-refractivity contribution >= 4 is 34.8 Å². The van der Waals surface area contributed by atoms with E-state index in [1.165, 1.54) is 0 Å². The van der Waals surface area contributed by atoms with Crippen LogP contribution in [0, 0.1) is 6.92 Å². The fourth-order valence-corrected chi connectivity index (χ4v) is 1.42. The maximum Gasteiger partial charge on any atom is 0.220 e. The highest BCUT2D eigenvalue weighted by Gasteiger charge is 2.32. The summed E-state index contributed by atoms with van der Waals surface area (Å²) in [5.74, 6) is 0.